The minimum atomic E-state index is -0.762. The maximum Gasteiger partial charge on any atom is 0.226 e. The lowest BCUT2D eigenvalue weighted by Crippen LogP contribution is -2.27. The van der Waals surface area contributed by atoms with E-state index in [0.29, 0.717) is 45.6 Å². The van der Waals surface area contributed by atoms with E-state index in [2.05, 4.69) is 15.5 Å². The lowest BCUT2D eigenvalue weighted by atomic mass is 9.84. The highest BCUT2D eigenvalue weighted by molar-refractivity contribution is 6.10. The number of rotatable bonds is 7. The summed E-state index contributed by atoms with van der Waals surface area (Å²) in [6, 6.07) is 10.4. The Morgan fingerprint density at radius 2 is 1.66 bits per heavy atom. The molecule has 1 atom stereocenters. The third kappa shape index (κ3) is 3.62. The van der Waals surface area contributed by atoms with Gasteiger partial charge in [0.1, 0.15) is 11.5 Å². The minimum Gasteiger partial charge on any atom is -0.497 e. The molecule has 1 unspecified atom stereocenters. The number of aromatic amines is 1. The topological polar surface area (TPSA) is 112 Å². The highest BCUT2D eigenvalue weighted by Crippen LogP contribution is 2.42. The molecular formula is C23H23N3O6. The van der Waals surface area contributed by atoms with Crippen molar-refractivity contribution in [3.8, 4) is 34.3 Å². The summed E-state index contributed by atoms with van der Waals surface area (Å²) in [6.07, 6.45) is -0.0218. The first-order valence-electron chi connectivity index (χ1n) is 9.87. The zero-order chi connectivity index (χ0) is 22.8. The second-order valence-corrected chi connectivity index (χ2v) is 7.17. The van der Waals surface area contributed by atoms with Crippen LogP contribution in [0.25, 0.3) is 11.3 Å². The number of benzene rings is 2. The smallest absolute Gasteiger partial charge is 0.226 e. The number of anilines is 1. The average Bonchev–Trinajstić information content (AvgIpc) is 3.25. The van der Waals surface area contributed by atoms with Gasteiger partial charge in [0.05, 0.1) is 45.6 Å². The zero-order valence-corrected chi connectivity index (χ0v) is 18.1. The van der Waals surface area contributed by atoms with E-state index in [4.69, 9.17) is 18.9 Å². The normalized spacial score (nSPS) is 14.9. The monoisotopic (exact) mass is 437 g/mol. The van der Waals surface area contributed by atoms with Gasteiger partial charge < -0.3 is 24.3 Å². The van der Waals surface area contributed by atoms with Gasteiger partial charge >= 0.3 is 0 Å². The summed E-state index contributed by atoms with van der Waals surface area (Å²) in [5, 5.41) is 9.95. The number of carbonyl (C=O) groups is 2. The number of fused-ring (bicyclic) bond motifs is 1. The highest BCUT2D eigenvalue weighted by Gasteiger charge is 2.37. The molecule has 2 aromatic carbocycles. The number of hydrogen-bond donors (Lipinski definition) is 2. The number of amides is 1. The van der Waals surface area contributed by atoms with Crippen molar-refractivity contribution in [3.63, 3.8) is 0 Å². The number of Topliss-reactive ketones (excluding diaryl/α,β-unsaturated/α-hetero) is 1. The molecule has 0 radical (unpaired) electrons. The van der Waals surface area contributed by atoms with Crippen LogP contribution in [0.4, 0.5) is 5.82 Å². The highest BCUT2D eigenvalue weighted by atomic mass is 16.5. The van der Waals surface area contributed by atoms with Crippen LogP contribution in [0.1, 0.15) is 28.3 Å². The van der Waals surface area contributed by atoms with Gasteiger partial charge in [-0.1, -0.05) is 0 Å². The predicted octanol–water partition coefficient (Wildman–Crippen LogP) is 3.42. The van der Waals surface area contributed by atoms with Crippen molar-refractivity contribution in [2.45, 2.75) is 12.3 Å². The van der Waals surface area contributed by atoms with Crippen molar-refractivity contribution in [2.24, 2.45) is 0 Å². The van der Waals surface area contributed by atoms with Crippen molar-refractivity contribution < 1.29 is 28.5 Å². The number of nitrogens with one attached hydrogen (secondary N) is 2. The molecule has 0 aliphatic carbocycles. The molecule has 1 aromatic heterocycles. The molecule has 1 aliphatic heterocycles. The van der Waals surface area contributed by atoms with Crippen molar-refractivity contribution in [3.05, 3.63) is 47.5 Å². The van der Waals surface area contributed by atoms with Gasteiger partial charge in [0, 0.05) is 17.5 Å². The Morgan fingerprint density at radius 3 is 2.34 bits per heavy atom. The van der Waals surface area contributed by atoms with Gasteiger partial charge in [0.2, 0.25) is 5.91 Å². The maximum atomic E-state index is 13.7. The summed E-state index contributed by atoms with van der Waals surface area (Å²) in [5.74, 6) is 1.04. The molecule has 9 nitrogen and oxygen atoms in total. The van der Waals surface area contributed by atoms with Gasteiger partial charge in [-0.2, -0.15) is 5.10 Å². The van der Waals surface area contributed by atoms with Crippen molar-refractivity contribution in [2.75, 3.05) is 33.8 Å². The number of ether oxygens (including phenoxy) is 4. The second-order valence-electron chi connectivity index (χ2n) is 7.17. The molecule has 3 aromatic rings. The van der Waals surface area contributed by atoms with E-state index in [1.54, 1.807) is 44.6 Å². The number of nitrogens with zero attached hydrogens (tertiary/aromatic N) is 1. The Morgan fingerprint density at radius 1 is 0.938 bits per heavy atom. The molecule has 2 heterocycles. The molecule has 2 N–H and O–H groups in total. The first-order valence-corrected chi connectivity index (χ1v) is 9.87. The maximum absolute atomic E-state index is 13.7. The first-order chi connectivity index (χ1) is 15.5. The van der Waals surface area contributed by atoms with Crippen LogP contribution < -0.4 is 24.3 Å². The van der Waals surface area contributed by atoms with E-state index >= 15 is 0 Å². The fourth-order valence-electron chi connectivity index (χ4n) is 3.89. The SMILES string of the molecule is COc1ccc(OC)c(C(=O)C2CC(=O)Nc3n[nH]c(-c4ccc(OC)c(OC)c4)c32)c1. The van der Waals surface area contributed by atoms with Crippen molar-refractivity contribution in [1.82, 2.24) is 10.2 Å². The third-order valence-corrected chi connectivity index (χ3v) is 5.46. The Balaban J connectivity index is 1.83. The van der Waals surface area contributed by atoms with Crippen molar-refractivity contribution >= 4 is 17.5 Å². The van der Waals surface area contributed by atoms with Crippen LogP contribution in [0.5, 0.6) is 23.0 Å². The summed E-state index contributed by atoms with van der Waals surface area (Å²) < 4.78 is 21.4. The Labute approximate surface area is 184 Å². The molecule has 4 rings (SSSR count). The summed E-state index contributed by atoms with van der Waals surface area (Å²) >= 11 is 0. The number of methoxy groups -OCH3 is 4. The largest absolute Gasteiger partial charge is 0.497 e. The van der Waals surface area contributed by atoms with E-state index in [9.17, 15) is 9.59 Å². The van der Waals surface area contributed by atoms with E-state index in [-0.39, 0.29) is 18.1 Å². The summed E-state index contributed by atoms with van der Waals surface area (Å²) in [4.78, 5) is 26.0. The van der Waals surface area contributed by atoms with E-state index in [1.807, 2.05) is 6.07 Å². The Hall–Kier alpha value is -4.01. The van der Waals surface area contributed by atoms with Crippen LogP contribution in [0.3, 0.4) is 0 Å². The van der Waals surface area contributed by atoms with Gasteiger partial charge in [-0.3, -0.25) is 14.7 Å². The standard InChI is InChI=1S/C23H23N3O6/c1-29-13-6-8-16(30-2)14(10-13)22(28)15-11-19(27)24-23-20(15)21(25-26-23)12-5-7-17(31-3)18(9-12)32-4/h5-10,15H,11H2,1-4H3,(H2,24,25,26,27). The molecule has 1 amide bonds. The number of aromatic nitrogens is 2. The van der Waals surface area contributed by atoms with Gasteiger partial charge in [-0.05, 0) is 36.4 Å². The lowest BCUT2D eigenvalue weighted by molar-refractivity contribution is -0.116. The zero-order valence-electron chi connectivity index (χ0n) is 18.1. The van der Waals surface area contributed by atoms with Gasteiger partial charge in [-0.25, -0.2) is 0 Å². The fraction of sp³-hybridized carbons (Fsp3) is 0.261. The Bertz CT molecular complexity index is 1190. The quantitative estimate of drug-likeness (QED) is 0.545. The van der Waals surface area contributed by atoms with Crippen LogP contribution in [-0.2, 0) is 4.79 Å². The van der Waals surface area contributed by atoms with Crippen LogP contribution in [0, 0.1) is 0 Å². The predicted molar refractivity (Wildman–Crippen MR) is 117 cm³/mol. The van der Waals surface area contributed by atoms with Crippen LogP contribution >= 0.6 is 0 Å². The summed E-state index contributed by atoms with van der Waals surface area (Å²) in [5.41, 5.74) is 2.28. The Kier molecular flexibility index (Phi) is 5.72. The van der Waals surface area contributed by atoms with Gasteiger partial charge in [-0.15, -0.1) is 0 Å². The van der Waals surface area contributed by atoms with Crippen LogP contribution in [-0.4, -0.2) is 50.3 Å². The molecule has 1 aliphatic rings. The average molecular weight is 437 g/mol. The van der Waals surface area contributed by atoms with Gasteiger partial charge in [0.25, 0.3) is 0 Å². The first kappa shape index (κ1) is 21.2. The second kappa shape index (κ2) is 8.62. The third-order valence-electron chi connectivity index (χ3n) is 5.46. The molecular weight excluding hydrogens is 414 g/mol. The van der Waals surface area contributed by atoms with E-state index < -0.39 is 5.92 Å². The molecule has 0 fully saturated rings. The lowest BCUT2D eigenvalue weighted by Gasteiger charge is -2.23. The molecule has 0 bridgehead atoms. The molecule has 166 valence electrons. The fourth-order valence-corrected chi connectivity index (χ4v) is 3.89. The van der Waals surface area contributed by atoms with Crippen molar-refractivity contribution in [1.29, 1.82) is 0 Å². The van der Waals surface area contributed by atoms with Gasteiger partial charge in [0.15, 0.2) is 23.1 Å². The number of H-pyrrole nitrogens is 1. The molecule has 0 spiro atoms. The summed E-state index contributed by atoms with van der Waals surface area (Å²) in [6.45, 7) is 0. The molecule has 9 heteroatoms. The summed E-state index contributed by atoms with van der Waals surface area (Å²) in [7, 11) is 6.12. The minimum absolute atomic E-state index is 0.0218. The van der Waals surface area contributed by atoms with Crippen LogP contribution in [0.15, 0.2) is 36.4 Å². The van der Waals surface area contributed by atoms with E-state index in [1.165, 1.54) is 14.2 Å². The molecule has 0 saturated heterocycles. The number of ketones is 1. The van der Waals surface area contributed by atoms with E-state index in [0.717, 1.165) is 5.56 Å². The van der Waals surface area contributed by atoms with Crippen LogP contribution in [0.2, 0.25) is 0 Å². The number of hydrogen-bond acceptors (Lipinski definition) is 7. The molecule has 0 saturated carbocycles. The molecule has 32 heavy (non-hydrogen) atoms. The number of carbonyl (C=O) groups excluding carboxylic acids is 2.